The minimum atomic E-state index is -1.18. The molecular formula is C7H9NO4. The molecule has 12 heavy (non-hydrogen) atoms. The van der Waals surface area contributed by atoms with Crippen LogP contribution in [0.3, 0.4) is 0 Å². The summed E-state index contributed by atoms with van der Waals surface area (Å²) in [6, 6.07) is 0. The van der Waals surface area contributed by atoms with E-state index in [2.05, 4.69) is 4.99 Å². The van der Waals surface area contributed by atoms with Crippen molar-refractivity contribution in [3.05, 3.63) is 0 Å². The molecule has 0 N–H and O–H groups in total. The Morgan fingerprint density at radius 2 is 1.58 bits per heavy atom. The largest absolute Gasteiger partial charge is 0.418 e. The predicted molar refractivity (Wildman–Crippen MR) is 39.6 cm³/mol. The number of rotatable bonds is 0. The molecule has 0 aromatic rings. The topological polar surface area (TPSA) is 65.0 Å². The van der Waals surface area contributed by atoms with Gasteiger partial charge in [0, 0.05) is 20.9 Å². The summed E-state index contributed by atoms with van der Waals surface area (Å²) in [7, 11) is 1.33. The lowest BCUT2D eigenvalue weighted by atomic mass is 10.3. The van der Waals surface area contributed by atoms with Gasteiger partial charge in [-0.1, -0.05) is 0 Å². The number of hydrogen-bond donors (Lipinski definition) is 0. The van der Waals surface area contributed by atoms with E-state index in [1.54, 1.807) is 0 Å². The van der Waals surface area contributed by atoms with Gasteiger partial charge in [0.1, 0.15) is 0 Å². The molecule has 0 unspecified atom stereocenters. The van der Waals surface area contributed by atoms with Crippen molar-refractivity contribution in [2.45, 2.75) is 19.6 Å². The summed E-state index contributed by atoms with van der Waals surface area (Å²) in [6.45, 7) is 2.96. The van der Waals surface area contributed by atoms with Crippen LogP contribution in [0.5, 0.6) is 0 Å². The van der Waals surface area contributed by atoms with Gasteiger partial charge in [0.05, 0.1) is 0 Å². The number of cyclic esters (lactones) is 2. The molecule has 0 aromatic heterocycles. The molecule has 1 saturated heterocycles. The zero-order valence-electron chi connectivity index (χ0n) is 7.08. The average Bonchev–Trinajstić information content (AvgIpc) is 1.82. The van der Waals surface area contributed by atoms with Crippen LogP contribution in [0.15, 0.2) is 4.99 Å². The second-order valence-electron chi connectivity index (χ2n) is 2.75. The van der Waals surface area contributed by atoms with Crippen LogP contribution >= 0.6 is 0 Å². The average molecular weight is 171 g/mol. The van der Waals surface area contributed by atoms with Crippen molar-refractivity contribution in [3.63, 3.8) is 0 Å². The number of hydrogen-bond acceptors (Lipinski definition) is 5. The molecule has 0 spiro atoms. The van der Waals surface area contributed by atoms with Crippen LogP contribution in [0.4, 0.5) is 0 Å². The molecule has 0 radical (unpaired) electrons. The van der Waals surface area contributed by atoms with Crippen molar-refractivity contribution in [1.29, 1.82) is 0 Å². The Hall–Kier alpha value is -1.39. The van der Waals surface area contributed by atoms with Crippen LogP contribution in [0.2, 0.25) is 0 Å². The summed E-state index contributed by atoms with van der Waals surface area (Å²) < 4.78 is 9.47. The molecule has 66 valence electrons. The van der Waals surface area contributed by atoms with E-state index in [0.29, 0.717) is 0 Å². The van der Waals surface area contributed by atoms with Crippen LogP contribution in [-0.2, 0) is 19.1 Å². The van der Waals surface area contributed by atoms with Crippen molar-refractivity contribution in [2.75, 3.05) is 7.05 Å². The van der Waals surface area contributed by atoms with Crippen molar-refractivity contribution >= 4 is 17.7 Å². The van der Waals surface area contributed by atoms with E-state index in [9.17, 15) is 9.59 Å². The van der Waals surface area contributed by atoms with Gasteiger partial charge >= 0.3 is 11.9 Å². The summed E-state index contributed by atoms with van der Waals surface area (Å²) in [5.74, 6) is -2.65. The Morgan fingerprint density at radius 1 is 1.17 bits per heavy atom. The highest BCUT2D eigenvalue weighted by Gasteiger charge is 2.39. The summed E-state index contributed by atoms with van der Waals surface area (Å²) in [5, 5.41) is 0. The Labute approximate surface area is 69.4 Å². The highest BCUT2D eigenvalue weighted by molar-refractivity contribution is 6.63. The minimum absolute atomic E-state index is 0.297. The molecule has 0 bridgehead atoms. The number of ether oxygens (including phenoxy) is 2. The molecule has 0 aliphatic carbocycles. The number of aliphatic imine (C=N–C) groups is 1. The number of carbonyl (C=O) groups excluding carboxylic acids is 2. The van der Waals surface area contributed by atoms with Gasteiger partial charge in [-0.25, -0.2) is 9.59 Å². The third kappa shape index (κ3) is 1.44. The molecule has 0 atom stereocenters. The maximum absolute atomic E-state index is 11.0. The fourth-order valence-corrected chi connectivity index (χ4v) is 0.830. The fourth-order valence-electron chi connectivity index (χ4n) is 0.830. The molecule has 0 saturated carbocycles. The molecule has 0 amide bonds. The monoisotopic (exact) mass is 171 g/mol. The Bertz CT molecular complexity index is 245. The summed E-state index contributed by atoms with van der Waals surface area (Å²) in [6.07, 6.45) is 0. The van der Waals surface area contributed by atoms with Gasteiger partial charge in [-0.05, 0) is 0 Å². The van der Waals surface area contributed by atoms with Crippen LogP contribution in [0.1, 0.15) is 13.8 Å². The summed E-state index contributed by atoms with van der Waals surface area (Å²) >= 11 is 0. The van der Waals surface area contributed by atoms with Crippen LogP contribution in [0.25, 0.3) is 0 Å². The molecule has 5 heteroatoms. The highest BCUT2D eigenvalue weighted by atomic mass is 16.7. The third-order valence-electron chi connectivity index (χ3n) is 1.29. The van der Waals surface area contributed by atoms with E-state index in [1.165, 1.54) is 20.9 Å². The van der Waals surface area contributed by atoms with E-state index in [4.69, 9.17) is 9.47 Å². The quantitative estimate of drug-likeness (QED) is 0.477. The molecule has 0 aromatic carbocycles. The second kappa shape index (κ2) is 2.58. The standard InChI is InChI=1S/C7H9NO4/c1-7(2)11-5(9)4(8-3)6(10)12-7/h1-3H3. The smallest absolute Gasteiger partial charge is 0.367 e. The highest BCUT2D eigenvalue weighted by Crippen LogP contribution is 2.17. The SMILES string of the molecule is CN=C1C(=O)OC(C)(C)OC1=O. The zero-order valence-corrected chi connectivity index (χ0v) is 7.08. The Balaban J connectivity index is 2.93. The number of nitrogens with zero attached hydrogens (tertiary/aromatic N) is 1. The summed E-state index contributed by atoms with van der Waals surface area (Å²) in [4.78, 5) is 25.4. The van der Waals surface area contributed by atoms with E-state index in [0.717, 1.165) is 0 Å². The van der Waals surface area contributed by atoms with Crippen molar-refractivity contribution in [2.24, 2.45) is 4.99 Å². The third-order valence-corrected chi connectivity index (χ3v) is 1.29. The van der Waals surface area contributed by atoms with Gasteiger partial charge in [-0.3, -0.25) is 4.99 Å². The van der Waals surface area contributed by atoms with Crippen molar-refractivity contribution in [3.8, 4) is 0 Å². The predicted octanol–water partition coefficient (Wildman–Crippen LogP) is -0.107. The number of carbonyl (C=O) groups is 2. The lowest BCUT2D eigenvalue weighted by Gasteiger charge is -2.28. The van der Waals surface area contributed by atoms with Gasteiger partial charge < -0.3 is 9.47 Å². The molecule has 1 aliphatic heterocycles. The van der Waals surface area contributed by atoms with E-state index in [1.807, 2.05) is 0 Å². The molecule has 1 rings (SSSR count). The first-order chi connectivity index (χ1) is 5.46. The Morgan fingerprint density at radius 3 is 1.92 bits per heavy atom. The van der Waals surface area contributed by atoms with Crippen molar-refractivity contribution in [1.82, 2.24) is 0 Å². The molecule has 1 fully saturated rings. The molecule has 1 aliphatic rings. The van der Waals surface area contributed by atoms with Crippen LogP contribution < -0.4 is 0 Å². The minimum Gasteiger partial charge on any atom is -0.418 e. The van der Waals surface area contributed by atoms with Gasteiger partial charge in [-0.2, -0.15) is 0 Å². The van der Waals surface area contributed by atoms with Gasteiger partial charge in [0.25, 0.3) is 5.79 Å². The molecular weight excluding hydrogens is 162 g/mol. The lowest BCUT2D eigenvalue weighted by Crippen LogP contribution is -2.46. The second-order valence-corrected chi connectivity index (χ2v) is 2.75. The zero-order chi connectivity index (χ0) is 9.35. The first kappa shape index (κ1) is 8.70. The van der Waals surface area contributed by atoms with E-state index in [-0.39, 0.29) is 5.71 Å². The van der Waals surface area contributed by atoms with Gasteiger partial charge in [0.2, 0.25) is 5.71 Å². The normalized spacial score (nSPS) is 21.4. The summed E-state index contributed by atoms with van der Waals surface area (Å²) in [5.41, 5.74) is -0.297. The lowest BCUT2D eigenvalue weighted by molar-refractivity contribution is -0.214. The van der Waals surface area contributed by atoms with E-state index >= 15 is 0 Å². The maximum atomic E-state index is 11.0. The van der Waals surface area contributed by atoms with Gasteiger partial charge in [0.15, 0.2) is 0 Å². The van der Waals surface area contributed by atoms with Gasteiger partial charge in [-0.15, -0.1) is 0 Å². The number of esters is 2. The first-order valence-electron chi connectivity index (χ1n) is 3.40. The molecule has 1 heterocycles. The maximum Gasteiger partial charge on any atom is 0.367 e. The van der Waals surface area contributed by atoms with Crippen LogP contribution in [0, 0.1) is 0 Å². The van der Waals surface area contributed by atoms with Crippen LogP contribution in [-0.4, -0.2) is 30.5 Å². The first-order valence-corrected chi connectivity index (χ1v) is 3.40. The van der Waals surface area contributed by atoms with E-state index < -0.39 is 17.7 Å². The van der Waals surface area contributed by atoms with Crippen molar-refractivity contribution < 1.29 is 19.1 Å². The molecule has 5 nitrogen and oxygen atoms in total. The Kier molecular flexibility index (Phi) is 1.87. The fraction of sp³-hybridized carbons (Fsp3) is 0.571.